The lowest BCUT2D eigenvalue weighted by Crippen LogP contribution is -2.57. The summed E-state index contributed by atoms with van der Waals surface area (Å²) < 4.78 is 5.55. The standard InChI is InChI=1S/C23H27ClN8O3/c24-18-20(26)29-19(25)17(28-18)21(34)30-22-27-12-23(31-22)6-8-32(9-7-23)16(33)4-2-13-1-3-15-14(11-13)5-10-35-15/h1,3,11H,2,4-10,12H2,(H4,25,26,29)(H2,27,30,31,34). The summed E-state index contributed by atoms with van der Waals surface area (Å²) in [5.74, 6) is 0.711. The van der Waals surface area contributed by atoms with Gasteiger partial charge in [-0.2, -0.15) is 0 Å². The minimum atomic E-state index is -0.578. The minimum absolute atomic E-state index is 0.0424. The molecule has 0 aliphatic carbocycles. The number of nitrogens with two attached hydrogens (primary N) is 2. The molecule has 0 saturated carbocycles. The van der Waals surface area contributed by atoms with Crippen molar-refractivity contribution in [2.45, 2.75) is 37.6 Å². The first-order chi connectivity index (χ1) is 16.8. The molecule has 6 N–H and O–H groups in total. The van der Waals surface area contributed by atoms with E-state index in [1.54, 1.807) is 0 Å². The molecule has 1 aromatic carbocycles. The molecule has 2 aromatic rings. The first kappa shape index (κ1) is 23.2. The fourth-order valence-electron chi connectivity index (χ4n) is 4.68. The number of anilines is 2. The van der Waals surface area contributed by atoms with Crippen LogP contribution in [0.4, 0.5) is 11.6 Å². The molecule has 1 fully saturated rings. The molecular formula is C23H27ClN8O3. The van der Waals surface area contributed by atoms with E-state index in [-0.39, 0.29) is 33.9 Å². The molecule has 184 valence electrons. The van der Waals surface area contributed by atoms with E-state index >= 15 is 0 Å². The molecule has 1 aromatic heterocycles. The molecule has 12 heteroatoms. The second-order valence-electron chi connectivity index (χ2n) is 9.08. The largest absolute Gasteiger partial charge is 0.493 e. The van der Waals surface area contributed by atoms with Gasteiger partial charge in [0.05, 0.1) is 18.7 Å². The van der Waals surface area contributed by atoms with Crippen molar-refractivity contribution in [2.75, 3.05) is 37.7 Å². The SMILES string of the molecule is Nc1nc(N)c(C(=O)NC2=NCC3(CCN(C(=O)CCc4ccc5c(c4)CCO5)CC3)N2)nc1Cl. The van der Waals surface area contributed by atoms with Crippen LogP contribution in [0, 0.1) is 0 Å². The Bertz CT molecular complexity index is 1210. The molecule has 4 heterocycles. The molecule has 5 rings (SSSR count). The van der Waals surface area contributed by atoms with E-state index in [4.69, 9.17) is 27.8 Å². The number of nitrogen functional groups attached to an aromatic ring is 2. The van der Waals surface area contributed by atoms with Crippen molar-refractivity contribution in [1.29, 1.82) is 0 Å². The Morgan fingerprint density at radius 3 is 2.80 bits per heavy atom. The van der Waals surface area contributed by atoms with Crippen molar-refractivity contribution >= 4 is 41.0 Å². The number of aryl methyl sites for hydroxylation is 1. The molecule has 0 bridgehead atoms. The van der Waals surface area contributed by atoms with Crippen LogP contribution in [0.25, 0.3) is 0 Å². The number of nitrogens with one attached hydrogen (secondary N) is 2. The molecule has 1 spiro atoms. The topological polar surface area (TPSA) is 161 Å². The summed E-state index contributed by atoms with van der Waals surface area (Å²) in [6, 6.07) is 6.18. The van der Waals surface area contributed by atoms with Crippen LogP contribution in [-0.4, -0.2) is 64.4 Å². The van der Waals surface area contributed by atoms with Crippen molar-refractivity contribution < 1.29 is 14.3 Å². The highest BCUT2D eigenvalue weighted by Crippen LogP contribution is 2.28. The molecule has 2 amide bonds. The first-order valence-electron chi connectivity index (χ1n) is 11.6. The van der Waals surface area contributed by atoms with Gasteiger partial charge in [0, 0.05) is 25.9 Å². The Labute approximate surface area is 207 Å². The number of benzene rings is 1. The number of hydrogen-bond acceptors (Lipinski definition) is 9. The van der Waals surface area contributed by atoms with Gasteiger partial charge in [0.2, 0.25) is 5.91 Å². The number of carbonyl (C=O) groups excluding carboxylic acids is 2. The number of ether oxygens (including phenoxy) is 1. The number of aliphatic imine (C=N–C) groups is 1. The van der Waals surface area contributed by atoms with E-state index in [0.29, 0.717) is 38.4 Å². The maximum atomic E-state index is 12.8. The zero-order valence-corrected chi connectivity index (χ0v) is 19.9. The summed E-state index contributed by atoms with van der Waals surface area (Å²) in [7, 11) is 0. The number of hydrogen-bond donors (Lipinski definition) is 4. The van der Waals surface area contributed by atoms with Gasteiger partial charge in [-0.1, -0.05) is 23.7 Å². The number of amides is 2. The van der Waals surface area contributed by atoms with Gasteiger partial charge in [0.1, 0.15) is 5.75 Å². The van der Waals surface area contributed by atoms with E-state index in [9.17, 15) is 9.59 Å². The van der Waals surface area contributed by atoms with Crippen LogP contribution in [0.15, 0.2) is 23.2 Å². The van der Waals surface area contributed by atoms with Crippen molar-refractivity contribution in [1.82, 2.24) is 25.5 Å². The van der Waals surface area contributed by atoms with Crippen LogP contribution in [0.5, 0.6) is 5.75 Å². The van der Waals surface area contributed by atoms with Crippen LogP contribution in [0.3, 0.4) is 0 Å². The quantitative estimate of drug-likeness (QED) is 0.483. The van der Waals surface area contributed by atoms with E-state index in [2.05, 4.69) is 31.7 Å². The number of halogens is 1. The Morgan fingerprint density at radius 2 is 2.00 bits per heavy atom. The highest BCUT2D eigenvalue weighted by atomic mass is 35.5. The molecule has 3 aliphatic rings. The molecule has 0 unspecified atom stereocenters. The second-order valence-corrected chi connectivity index (χ2v) is 9.44. The predicted octanol–water partition coefficient (Wildman–Crippen LogP) is 0.912. The zero-order valence-electron chi connectivity index (χ0n) is 19.1. The van der Waals surface area contributed by atoms with E-state index in [0.717, 1.165) is 37.2 Å². The molecule has 11 nitrogen and oxygen atoms in total. The lowest BCUT2D eigenvalue weighted by atomic mass is 9.88. The monoisotopic (exact) mass is 498 g/mol. The Morgan fingerprint density at radius 1 is 1.20 bits per heavy atom. The molecule has 0 radical (unpaired) electrons. The van der Waals surface area contributed by atoms with Crippen LogP contribution >= 0.6 is 11.6 Å². The van der Waals surface area contributed by atoms with Crippen LogP contribution in [0.2, 0.25) is 5.15 Å². The third-order valence-corrected chi connectivity index (χ3v) is 7.01. The second kappa shape index (κ2) is 9.21. The lowest BCUT2D eigenvalue weighted by molar-refractivity contribution is -0.132. The van der Waals surface area contributed by atoms with Crippen LogP contribution in [-0.2, 0) is 17.6 Å². The first-order valence-corrected chi connectivity index (χ1v) is 11.9. The number of guanidine groups is 1. The number of piperidine rings is 1. The van der Waals surface area contributed by atoms with Gasteiger partial charge in [-0.15, -0.1) is 0 Å². The summed E-state index contributed by atoms with van der Waals surface area (Å²) >= 11 is 5.86. The summed E-state index contributed by atoms with van der Waals surface area (Å²) in [5, 5.41) is 5.89. The van der Waals surface area contributed by atoms with Gasteiger partial charge < -0.3 is 26.4 Å². The van der Waals surface area contributed by atoms with Gasteiger partial charge >= 0.3 is 0 Å². The van der Waals surface area contributed by atoms with Crippen molar-refractivity contribution in [3.8, 4) is 5.75 Å². The number of likely N-dealkylation sites (tertiary alicyclic amines) is 1. The van der Waals surface area contributed by atoms with Crippen molar-refractivity contribution in [3.63, 3.8) is 0 Å². The number of aromatic nitrogens is 2. The van der Waals surface area contributed by atoms with E-state index in [1.165, 1.54) is 5.56 Å². The number of fused-ring (bicyclic) bond motifs is 1. The molecule has 1 saturated heterocycles. The van der Waals surface area contributed by atoms with Crippen molar-refractivity contribution in [3.05, 3.63) is 40.2 Å². The smallest absolute Gasteiger partial charge is 0.280 e. The fourth-order valence-corrected chi connectivity index (χ4v) is 4.81. The van der Waals surface area contributed by atoms with Gasteiger partial charge in [-0.3, -0.25) is 19.9 Å². The lowest BCUT2D eigenvalue weighted by Gasteiger charge is -2.39. The minimum Gasteiger partial charge on any atom is -0.493 e. The average Bonchev–Trinajstić information content (AvgIpc) is 3.47. The highest BCUT2D eigenvalue weighted by molar-refractivity contribution is 6.31. The molecule has 35 heavy (non-hydrogen) atoms. The molecule has 3 aliphatic heterocycles. The van der Waals surface area contributed by atoms with Crippen LogP contribution < -0.4 is 26.8 Å². The molecular weight excluding hydrogens is 472 g/mol. The fraction of sp³-hybridized carbons (Fsp3) is 0.435. The van der Waals surface area contributed by atoms with Gasteiger partial charge in [-0.05, 0) is 36.5 Å². The van der Waals surface area contributed by atoms with Gasteiger partial charge in [-0.25, -0.2) is 9.97 Å². The van der Waals surface area contributed by atoms with Crippen molar-refractivity contribution in [2.24, 2.45) is 4.99 Å². The van der Waals surface area contributed by atoms with E-state index in [1.807, 2.05) is 17.0 Å². The Kier molecular flexibility index (Phi) is 6.10. The summed E-state index contributed by atoms with van der Waals surface area (Å²) in [6.45, 7) is 2.50. The normalized spacial score (nSPS) is 18.0. The maximum absolute atomic E-state index is 12.8. The number of rotatable bonds is 4. The summed E-state index contributed by atoms with van der Waals surface area (Å²) in [6.07, 6.45) is 3.58. The van der Waals surface area contributed by atoms with Gasteiger partial charge in [0.25, 0.3) is 5.91 Å². The Hall–Kier alpha value is -3.60. The third-order valence-electron chi connectivity index (χ3n) is 6.73. The summed E-state index contributed by atoms with van der Waals surface area (Å²) in [4.78, 5) is 39.5. The Balaban J connectivity index is 1.10. The number of carbonyl (C=O) groups is 2. The van der Waals surface area contributed by atoms with Crippen LogP contribution in [0.1, 0.15) is 40.9 Å². The zero-order chi connectivity index (χ0) is 24.6. The van der Waals surface area contributed by atoms with Gasteiger partial charge in [0.15, 0.2) is 28.4 Å². The van der Waals surface area contributed by atoms with E-state index < -0.39 is 5.91 Å². The maximum Gasteiger partial charge on any atom is 0.280 e. The molecule has 0 atom stereocenters. The third kappa shape index (κ3) is 4.81. The average molecular weight is 499 g/mol. The predicted molar refractivity (Wildman–Crippen MR) is 131 cm³/mol. The highest BCUT2D eigenvalue weighted by Gasteiger charge is 2.40. The summed E-state index contributed by atoms with van der Waals surface area (Å²) in [5.41, 5.74) is 13.3. The number of nitrogens with zero attached hydrogens (tertiary/aromatic N) is 4.